The molecule has 0 aliphatic heterocycles. The SMILES string of the molecule is Cc1nn(C)c(C)c1CC(O)c1ccc(Cl)s1. The maximum atomic E-state index is 10.2. The molecule has 0 amide bonds. The van der Waals surface area contributed by atoms with E-state index in [1.165, 1.54) is 11.3 Å². The van der Waals surface area contributed by atoms with E-state index in [0.717, 1.165) is 21.8 Å². The van der Waals surface area contributed by atoms with Crippen molar-refractivity contribution in [3.63, 3.8) is 0 Å². The molecule has 0 fully saturated rings. The molecule has 0 bridgehead atoms. The van der Waals surface area contributed by atoms with Gasteiger partial charge in [-0.3, -0.25) is 4.68 Å². The first-order valence-corrected chi connectivity index (χ1v) is 6.61. The molecule has 0 saturated carbocycles. The Bertz CT molecular complexity index is 533. The van der Waals surface area contributed by atoms with E-state index < -0.39 is 6.10 Å². The maximum Gasteiger partial charge on any atom is 0.0932 e. The second-order valence-electron chi connectivity index (χ2n) is 4.13. The van der Waals surface area contributed by atoms with Crippen molar-refractivity contribution in [3.8, 4) is 0 Å². The van der Waals surface area contributed by atoms with Gasteiger partial charge in [0.2, 0.25) is 0 Å². The van der Waals surface area contributed by atoms with Crippen molar-refractivity contribution in [1.29, 1.82) is 0 Å². The smallest absolute Gasteiger partial charge is 0.0932 e. The van der Waals surface area contributed by atoms with E-state index >= 15 is 0 Å². The molecule has 0 saturated heterocycles. The number of aliphatic hydroxyl groups is 1. The lowest BCUT2D eigenvalue weighted by atomic mass is 10.1. The fourth-order valence-corrected chi connectivity index (χ4v) is 2.96. The highest BCUT2D eigenvalue weighted by Gasteiger charge is 2.16. The summed E-state index contributed by atoms with van der Waals surface area (Å²) in [7, 11) is 1.92. The quantitative estimate of drug-likeness (QED) is 0.931. The Morgan fingerprint density at radius 1 is 1.47 bits per heavy atom. The van der Waals surface area contributed by atoms with Crippen molar-refractivity contribution in [3.05, 3.63) is 38.3 Å². The summed E-state index contributed by atoms with van der Waals surface area (Å²) in [6.07, 6.45) is 0.0802. The van der Waals surface area contributed by atoms with E-state index in [1.807, 2.05) is 37.7 Å². The molecule has 0 spiro atoms. The molecule has 92 valence electrons. The number of rotatable bonds is 3. The standard InChI is InChI=1S/C12H15ClN2OS/c1-7-9(8(2)15(3)14-7)6-10(16)11-4-5-12(13)17-11/h4-5,10,16H,6H2,1-3H3. The summed E-state index contributed by atoms with van der Waals surface area (Å²) in [6.45, 7) is 3.99. The van der Waals surface area contributed by atoms with Gasteiger partial charge < -0.3 is 5.11 Å². The van der Waals surface area contributed by atoms with Crippen LogP contribution in [0.15, 0.2) is 12.1 Å². The van der Waals surface area contributed by atoms with Gasteiger partial charge in [0.1, 0.15) is 0 Å². The largest absolute Gasteiger partial charge is 0.387 e. The Kier molecular flexibility index (Phi) is 3.56. The lowest BCUT2D eigenvalue weighted by Gasteiger charge is -2.08. The first-order chi connectivity index (χ1) is 7.99. The van der Waals surface area contributed by atoms with Gasteiger partial charge in [-0.15, -0.1) is 11.3 Å². The molecular formula is C12H15ClN2OS. The Labute approximate surface area is 110 Å². The zero-order valence-corrected chi connectivity index (χ0v) is 11.6. The normalized spacial score (nSPS) is 13.0. The second-order valence-corrected chi connectivity index (χ2v) is 5.88. The van der Waals surface area contributed by atoms with Gasteiger partial charge >= 0.3 is 0 Å². The minimum atomic E-state index is -0.505. The highest BCUT2D eigenvalue weighted by molar-refractivity contribution is 7.16. The Morgan fingerprint density at radius 2 is 2.18 bits per heavy atom. The van der Waals surface area contributed by atoms with E-state index in [4.69, 9.17) is 11.6 Å². The zero-order chi connectivity index (χ0) is 12.6. The van der Waals surface area contributed by atoms with E-state index in [2.05, 4.69) is 5.10 Å². The van der Waals surface area contributed by atoms with Gasteiger partial charge in [0, 0.05) is 24.0 Å². The minimum Gasteiger partial charge on any atom is -0.387 e. The van der Waals surface area contributed by atoms with Gasteiger partial charge in [-0.1, -0.05) is 11.6 Å². The van der Waals surface area contributed by atoms with Crippen LogP contribution in [0.2, 0.25) is 4.34 Å². The summed E-state index contributed by atoms with van der Waals surface area (Å²) in [6, 6.07) is 3.69. The van der Waals surface area contributed by atoms with Crippen LogP contribution in [-0.4, -0.2) is 14.9 Å². The zero-order valence-electron chi connectivity index (χ0n) is 10.1. The highest BCUT2D eigenvalue weighted by Crippen LogP contribution is 2.30. The summed E-state index contributed by atoms with van der Waals surface area (Å²) in [5.74, 6) is 0. The molecule has 3 nitrogen and oxygen atoms in total. The number of aromatic nitrogens is 2. The molecule has 1 N–H and O–H groups in total. The molecule has 2 rings (SSSR count). The van der Waals surface area contributed by atoms with Crippen molar-refractivity contribution < 1.29 is 5.11 Å². The number of nitrogens with zero attached hydrogens (tertiary/aromatic N) is 2. The van der Waals surface area contributed by atoms with Crippen LogP contribution in [-0.2, 0) is 13.5 Å². The molecule has 0 aromatic carbocycles. The van der Waals surface area contributed by atoms with Crippen molar-refractivity contribution in [2.75, 3.05) is 0 Å². The Balaban J connectivity index is 2.21. The number of halogens is 1. The van der Waals surface area contributed by atoms with Crippen LogP contribution in [0.5, 0.6) is 0 Å². The summed E-state index contributed by atoms with van der Waals surface area (Å²) in [5, 5.41) is 14.5. The molecule has 2 aromatic rings. The number of aliphatic hydroxyl groups excluding tert-OH is 1. The van der Waals surface area contributed by atoms with Crippen LogP contribution >= 0.6 is 22.9 Å². The second kappa shape index (κ2) is 4.80. The lowest BCUT2D eigenvalue weighted by Crippen LogP contribution is -2.02. The molecular weight excluding hydrogens is 256 g/mol. The van der Waals surface area contributed by atoms with Crippen LogP contribution in [0, 0.1) is 13.8 Å². The van der Waals surface area contributed by atoms with E-state index in [1.54, 1.807) is 0 Å². The average Bonchev–Trinajstić information content (AvgIpc) is 2.79. The summed E-state index contributed by atoms with van der Waals surface area (Å²) in [4.78, 5) is 0.901. The molecule has 17 heavy (non-hydrogen) atoms. The monoisotopic (exact) mass is 270 g/mol. The van der Waals surface area contributed by atoms with E-state index in [9.17, 15) is 5.11 Å². The molecule has 5 heteroatoms. The van der Waals surface area contributed by atoms with Gasteiger partial charge in [0.05, 0.1) is 16.1 Å². The van der Waals surface area contributed by atoms with Gasteiger partial charge in [0.15, 0.2) is 0 Å². The molecule has 1 unspecified atom stereocenters. The summed E-state index contributed by atoms with van der Waals surface area (Å²) >= 11 is 7.29. The van der Waals surface area contributed by atoms with Gasteiger partial charge in [0.25, 0.3) is 0 Å². The van der Waals surface area contributed by atoms with Gasteiger partial charge in [-0.25, -0.2) is 0 Å². The summed E-state index contributed by atoms with van der Waals surface area (Å²) in [5.41, 5.74) is 3.19. The van der Waals surface area contributed by atoms with Crippen LogP contribution in [0.4, 0.5) is 0 Å². The van der Waals surface area contributed by atoms with Crippen molar-refractivity contribution >= 4 is 22.9 Å². The molecule has 2 heterocycles. The number of thiophene rings is 1. The first-order valence-electron chi connectivity index (χ1n) is 5.41. The van der Waals surface area contributed by atoms with E-state index in [0.29, 0.717) is 10.8 Å². The van der Waals surface area contributed by atoms with Crippen molar-refractivity contribution in [1.82, 2.24) is 9.78 Å². The topological polar surface area (TPSA) is 38.0 Å². The number of hydrogen-bond donors (Lipinski definition) is 1. The predicted molar refractivity (Wildman–Crippen MR) is 70.7 cm³/mol. The number of hydrogen-bond acceptors (Lipinski definition) is 3. The van der Waals surface area contributed by atoms with Crippen LogP contribution in [0.25, 0.3) is 0 Å². The molecule has 0 radical (unpaired) electrons. The van der Waals surface area contributed by atoms with Gasteiger partial charge in [-0.05, 0) is 31.5 Å². The molecule has 0 aliphatic rings. The third kappa shape index (κ3) is 2.54. The van der Waals surface area contributed by atoms with Crippen LogP contribution in [0.1, 0.15) is 27.9 Å². The first kappa shape index (κ1) is 12.6. The predicted octanol–water partition coefficient (Wildman–Crippen LogP) is 3.03. The fourth-order valence-electron chi connectivity index (χ4n) is 1.91. The maximum absolute atomic E-state index is 10.2. The Morgan fingerprint density at radius 3 is 2.65 bits per heavy atom. The lowest BCUT2D eigenvalue weighted by molar-refractivity contribution is 0.182. The minimum absolute atomic E-state index is 0.505. The average molecular weight is 271 g/mol. The fraction of sp³-hybridized carbons (Fsp3) is 0.417. The third-order valence-electron chi connectivity index (χ3n) is 2.98. The molecule has 2 aromatic heterocycles. The Hall–Kier alpha value is -0.840. The summed E-state index contributed by atoms with van der Waals surface area (Å²) < 4.78 is 2.55. The van der Waals surface area contributed by atoms with Crippen molar-refractivity contribution in [2.24, 2.45) is 7.05 Å². The van der Waals surface area contributed by atoms with Gasteiger partial charge in [-0.2, -0.15) is 5.10 Å². The van der Waals surface area contributed by atoms with Crippen LogP contribution in [0.3, 0.4) is 0 Å². The van der Waals surface area contributed by atoms with Crippen LogP contribution < -0.4 is 0 Å². The van der Waals surface area contributed by atoms with E-state index in [-0.39, 0.29) is 0 Å². The number of aryl methyl sites for hydroxylation is 2. The third-order valence-corrected chi connectivity index (χ3v) is 4.31. The van der Waals surface area contributed by atoms with Crippen molar-refractivity contribution in [2.45, 2.75) is 26.4 Å². The molecule has 1 atom stereocenters. The molecule has 0 aliphatic carbocycles. The highest BCUT2D eigenvalue weighted by atomic mass is 35.5.